The predicted molar refractivity (Wildman–Crippen MR) is 68.5 cm³/mol. The van der Waals surface area contributed by atoms with Crippen LogP contribution in [0.5, 0.6) is 0 Å². The molecule has 1 aromatic heterocycles. The molecular weight excluding hydrogens is 196 g/mol. The number of nitrogens with zero attached hydrogens (tertiary/aromatic N) is 2. The maximum absolute atomic E-state index is 2.43. The van der Waals surface area contributed by atoms with Gasteiger partial charge in [-0.15, -0.1) is 0 Å². The monoisotopic (exact) mass is 223 g/mol. The minimum atomic E-state index is 0.576. The molecule has 0 fully saturated rings. The Labute approximate surface area is 100 Å². The first-order valence-electron chi connectivity index (χ1n) is 6.79. The van der Waals surface area contributed by atoms with Crippen LogP contribution >= 0.6 is 0 Å². The molecule has 0 spiro atoms. The molecule has 0 saturated heterocycles. The molecule has 0 radical (unpaired) electrons. The molecule has 1 aromatic rings. The van der Waals surface area contributed by atoms with Crippen molar-refractivity contribution >= 4 is 0 Å². The Morgan fingerprint density at radius 2 is 1.94 bits per heavy atom. The number of imidazole rings is 1. The first-order chi connectivity index (χ1) is 7.70. The first-order valence-corrected chi connectivity index (χ1v) is 6.79. The van der Waals surface area contributed by atoms with Crippen molar-refractivity contribution < 1.29 is 4.57 Å². The van der Waals surface area contributed by atoms with Crippen LogP contribution in [0.25, 0.3) is 0 Å². The lowest BCUT2D eigenvalue weighted by molar-refractivity contribution is -0.722. The molecule has 0 bridgehead atoms. The van der Waals surface area contributed by atoms with E-state index in [0.29, 0.717) is 6.04 Å². The standard InChI is InChI=1S/C14H27N2/c1-5-7-8-9-10-15-11-12-16(13(3)4)14(15)6-2/h11-13H,5-10H2,1-4H3/q+1. The van der Waals surface area contributed by atoms with Crippen molar-refractivity contribution in [2.45, 2.75) is 72.4 Å². The van der Waals surface area contributed by atoms with Crippen molar-refractivity contribution in [3.63, 3.8) is 0 Å². The molecule has 0 atom stereocenters. The van der Waals surface area contributed by atoms with Gasteiger partial charge in [0.2, 0.25) is 0 Å². The first kappa shape index (κ1) is 13.3. The second kappa shape index (κ2) is 6.72. The fourth-order valence-corrected chi connectivity index (χ4v) is 2.24. The lowest BCUT2D eigenvalue weighted by Crippen LogP contribution is -2.39. The summed E-state index contributed by atoms with van der Waals surface area (Å²) in [7, 11) is 0. The second-order valence-corrected chi connectivity index (χ2v) is 4.82. The van der Waals surface area contributed by atoms with Gasteiger partial charge in [-0.05, 0) is 26.7 Å². The third-order valence-electron chi connectivity index (χ3n) is 3.16. The summed E-state index contributed by atoms with van der Waals surface area (Å²) in [4.78, 5) is 0. The van der Waals surface area contributed by atoms with Crippen LogP contribution in [0.3, 0.4) is 0 Å². The molecule has 2 nitrogen and oxygen atoms in total. The lowest BCUT2D eigenvalue weighted by Gasteiger charge is -2.05. The maximum atomic E-state index is 2.43. The molecule has 16 heavy (non-hydrogen) atoms. The van der Waals surface area contributed by atoms with Gasteiger partial charge < -0.3 is 0 Å². The number of aryl methyl sites for hydroxylation is 1. The van der Waals surface area contributed by atoms with Crippen molar-refractivity contribution in [2.75, 3.05) is 0 Å². The van der Waals surface area contributed by atoms with E-state index >= 15 is 0 Å². The van der Waals surface area contributed by atoms with Crippen molar-refractivity contribution in [3.8, 4) is 0 Å². The van der Waals surface area contributed by atoms with Crippen molar-refractivity contribution in [1.29, 1.82) is 0 Å². The zero-order chi connectivity index (χ0) is 12.0. The minimum absolute atomic E-state index is 0.576. The van der Waals surface area contributed by atoms with Gasteiger partial charge in [0.1, 0.15) is 12.4 Å². The SMILES string of the molecule is CCCCCCn1cc[n+](C(C)C)c1CC. The van der Waals surface area contributed by atoms with E-state index in [-0.39, 0.29) is 0 Å². The predicted octanol–water partition coefficient (Wildman–Crippen LogP) is 3.50. The molecule has 0 aliphatic heterocycles. The average Bonchev–Trinajstić information content (AvgIpc) is 2.67. The Morgan fingerprint density at radius 1 is 1.19 bits per heavy atom. The summed E-state index contributed by atoms with van der Waals surface area (Å²) in [5.74, 6) is 1.46. The van der Waals surface area contributed by atoms with Crippen LogP contribution in [0.1, 0.15) is 65.2 Å². The highest BCUT2D eigenvalue weighted by atomic mass is 15.2. The Hall–Kier alpha value is -0.790. The number of hydrogen-bond acceptors (Lipinski definition) is 0. The highest BCUT2D eigenvalue weighted by molar-refractivity contribution is 4.83. The van der Waals surface area contributed by atoms with E-state index < -0.39 is 0 Å². The summed E-state index contributed by atoms with van der Waals surface area (Å²) in [5, 5.41) is 0. The van der Waals surface area contributed by atoms with Gasteiger partial charge in [-0.25, -0.2) is 9.13 Å². The molecule has 0 N–H and O–H groups in total. The molecule has 0 unspecified atom stereocenters. The van der Waals surface area contributed by atoms with Crippen LogP contribution in [-0.2, 0) is 13.0 Å². The normalized spacial score (nSPS) is 11.3. The van der Waals surface area contributed by atoms with Crippen LogP contribution in [-0.4, -0.2) is 4.57 Å². The maximum Gasteiger partial charge on any atom is 0.256 e. The number of rotatable bonds is 7. The molecule has 92 valence electrons. The zero-order valence-corrected chi connectivity index (χ0v) is 11.4. The summed E-state index contributed by atoms with van der Waals surface area (Å²) >= 11 is 0. The zero-order valence-electron chi connectivity index (χ0n) is 11.4. The smallest absolute Gasteiger partial charge is 0.234 e. The Bertz CT molecular complexity index is 300. The van der Waals surface area contributed by atoms with Gasteiger partial charge >= 0.3 is 0 Å². The van der Waals surface area contributed by atoms with Crippen LogP contribution in [0, 0.1) is 0 Å². The van der Waals surface area contributed by atoms with Crippen LogP contribution in [0.2, 0.25) is 0 Å². The van der Waals surface area contributed by atoms with Crippen LogP contribution < -0.4 is 4.57 Å². The van der Waals surface area contributed by atoms with Gasteiger partial charge in [-0.3, -0.25) is 0 Å². The van der Waals surface area contributed by atoms with Gasteiger partial charge in [0, 0.05) is 6.42 Å². The van der Waals surface area contributed by atoms with Gasteiger partial charge in [-0.2, -0.15) is 0 Å². The van der Waals surface area contributed by atoms with Crippen molar-refractivity contribution in [2.24, 2.45) is 0 Å². The van der Waals surface area contributed by atoms with Crippen LogP contribution in [0.15, 0.2) is 12.4 Å². The Morgan fingerprint density at radius 3 is 2.50 bits per heavy atom. The highest BCUT2D eigenvalue weighted by Crippen LogP contribution is 2.06. The third kappa shape index (κ3) is 3.36. The average molecular weight is 223 g/mol. The van der Waals surface area contributed by atoms with E-state index in [2.05, 4.69) is 49.2 Å². The number of aromatic nitrogens is 2. The summed E-state index contributed by atoms with van der Waals surface area (Å²) in [6.07, 6.45) is 10.9. The van der Waals surface area contributed by atoms with Gasteiger partial charge in [0.25, 0.3) is 5.82 Å². The minimum Gasteiger partial charge on any atom is -0.234 e. The topological polar surface area (TPSA) is 8.81 Å². The fraction of sp³-hybridized carbons (Fsp3) is 0.786. The lowest BCUT2D eigenvalue weighted by atomic mass is 10.2. The molecular formula is C14H27N2+. The number of unbranched alkanes of at least 4 members (excludes halogenated alkanes) is 3. The fourth-order valence-electron chi connectivity index (χ4n) is 2.24. The van der Waals surface area contributed by atoms with E-state index in [1.54, 1.807) is 0 Å². The quantitative estimate of drug-likeness (QED) is 0.494. The molecule has 1 rings (SSSR count). The van der Waals surface area contributed by atoms with Gasteiger partial charge in [0.05, 0.1) is 12.6 Å². The summed E-state index contributed by atoms with van der Waals surface area (Å²) in [6.45, 7) is 10.2. The van der Waals surface area contributed by atoms with Gasteiger partial charge in [0.15, 0.2) is 0 Å². The van der Waals surface area contributed by atoms with E-state index in [1.807, 2.05) is 0 Å². The largest absolute Gasteiger partial charge is 0.256 e. The number of hydrogen-bond donors (Lipinski definition) is 0. The van der Waals surface area contributed by atoms with E-state index in [0.717, 1.165) is 6.42 Å². The van der Waals surface area contributed by atoms with E-state index in [4.69, 9.17) is 0 Å². The molecule has 0 saturated carbocycles. The summed E-state index contributed by atoms with van der Waals surface area (Å²) in [6, 6.07) is 0.576. The highest BCUT2D eigenvalue weighted by Gasteiger charge is 2.16. The third-order valence-corrected chi connectivity index (χ3v) is 3.16. The van der Waals surface area contributed by atoms with Crippen molar-refractivity contribution in [1.82, 2.24) is 4.57 Å². The summed E-state index contributed by atoms with van der Waals surface area (Å²) in [5.41, 5.74) is 0. The van der Waals surface area contributed by atoms with Crippen LogP contribution in [0.4, 0.5) is 0 Å². The molecule has 0 aliphatic rings. The molecule has 0 aromatic carbocycles. The van der Waals surface area contributed by atoms with Crippen molar-refractivity contribution in [3.05, 3.63) is 18.2 Å². The van der Waals surface area contributed by atoms with E-state index in [1.165, 1.54) is 38.1 Å². The Balaban J connectivity index is 2.58. The molecule has 2 heteroatoms. The second-order valence-electron chi connectivity index (χ2n) is 4.82. The molecule has 0 amide bonds. The van der Waals surface area contributed by atoms with Gasteiger partial charge in [-0.1, -0.05) is 26.7 Å². The Kier molecular flexibility index (Phi) is 5.58. The molecule has 0 aliphatic carbocycles. The van der Waals surface area contributed by atoms with E-state index in [9.17, 15) is 0 Å². The molecule has 1 heterocycles. The summed E-state index contributed by atoms with van der Waals surface area (Å²) < 4.78 is 4.81.